The molecule has 0 spiro atoms. The Morgan fingerprint density at radius 2 is 2.09 bits per heavy atom. The topological polar surface area (TPSA) is 96.5 Å². The largest absolute Gasteiger partial charge is 0.305 e. The highest BCUT2D eigenvalue weighted by Crippen LogP contribution is 2.19. The molecule has 0 aromatic carbocycles. The third kappa shape index (κ3) is 2.53. The molecule has 0 radical (unpaired) electrons. The van der Waals surface area contributed by atoms with Crippen LogP contribution in [-0.4, -0.2) is 25.7 Å². The average molecular weight is 290 g/mol. The minimum Gasteiger partial charge on any atom is -0.305 e. The molecule has 0 atom stereocenters. The number of anilines is 1. The molecule has 3 aromatic heterocycles. The predicted octanol–water partition coefficient (Wildman–Crippen LogP) is 1.79. The Morgan fingerprint density at radius 3 is 2.77 bits per heavy atom. The van der Waals surface area contributed by atoms with Crippen LogP contribution in [-0.2, 0) is 0 Å². The van der Waals surface area contributed by atoms with Crippen molar-refractivity contribution in [3.05, 3.63) is 66.2 Å². The summed E-state index contributed by atoms with van der Waals surface area (Å²) in [6.07, 6.45) is 6.02. The fourth-order valence-corrected chi connectivity index (χ4v) is 1.88. The van der Waals surface area contributed by atoms with Gasteiger partial charge in [-0.1, -0.05) is 6.07 Å². The molecule has 0 unspecified atom stereocenters. The van der Waals surface area contributed by atoms with Crippen LogP contribution in [0.2, 0.25) is 0 Å². The van der Waals surface area contributed by atoms with E-state index in [-0.39, 0.29) is 17.3 Å². The van der Waals surface area contributed by atoms with Crippen molar-refractivity contribution in [2.75, 3.05) is 5.32 Å². The Kier molecular flexibility index (Phi) is 3.58. The molecule has 106 valence electrons. The Balaban J connectivity index is 1.98. The summed E-state index contributed by atoms with van der Waals surface area (Å²) in [5.74, 6) is 0.405. The van der Waals surface area contributed by atoms with Gasteiger partial charge in [0.25, 0.3) is 5.91 Å². The van der Waals surface area contributed by atoms with Gasteiger partial charge in [0.05, 0.1) is 11.8 Å². The zero-order chi connectivity index (χ0) is 15.4. The molecule has 22 heavy (non-hydrogen) atoms. The molecule has 0 saturated heterocycles. The van der Waals surface area contributed by atoms with Gasteiger partial charge in [-0.05, 0) is 24.3 Å². The van der Waals surface area contributed by atoms with Crippen LogP contribution in [0, 0.1) is 11.3 Å². The number of nitrogens with one attached hydrogen (secondary N) is 1. The molecule has 0 saturated carbocycles. The van der Waals surface area contributed by atoms with Crippen LogP contribution in [0.1, 0.15) is 15.9 Å². The molecular formula is C15H10N6O. The lowest BCUT2D eigenvalue weighted by atomic mass is 10.2. The summed E-state index contributed by atoms with van der Waals surface area (Å²) in [7, 11) is 0. The summed E-state index contributed by atoms with van der Waals surface area (Å²) in [4.78, 5) is 20.3. The zero-order valence-electron chi connectivity index (χ0n) is 11.3. The second-order valence-corrected chi connectivity index (χ2v) is 4.31. The fraction of sp³-hybridized carbons (Fsp3) is 0. The molecule has 3 aromatic rings. The van der Waals surface area contributed by atoms with Crippen molar-refractivity contribution in [1.29, 1.82) is 5.26 Å². The van der Waals surface area contributed by atoms with Crippen molar-refractivity contribution in [2.24, 2.45) is 0 Å². The number of pyridine rings is 2. The number of rotatable bonds is 3. The van der Waals surface area contributed by atoms with E-state index in [0.717, 1.165) is 0 Å². The number of nitriles is 1. The van der Waals surface area contributed by atoms with Crippen LogP contribution in [0.25, 0.3) is 5.82 Å². The molecule has 3 rings (SSSR count). The van der Waals surface area contributed by atoms with E-state index in [1.807, 2.05) is 6.07 Å². The van der Waals surface area contributed by atoms with E-state index in [9.17, 15) is 10.1 Å². The second kappa shape index (κ2) is 5.85. The van der Waals surface area contributed by atoms with Gasteiger partial charge in [-0.2, -0.15) is 15.0 Å². The lowest BCUT2D eigenvalue weighted by molar-refractivity contribution is 0.102. The molecule has 0 fully saturated rings. The first-order chi connectivity index (χ1) is 10.8. The second-order valence-electron chi connectivity index (χ2n) is 4.31. The maximum atomic E-state index is 12.2. The number of aromatic nitrogens is 4. The van der Waals surface area contributed by atoms with Crippen molar-refractivity contribution < 1.29 is 4.79 Å². The number of hydrogen-bond donors (Lipinski definition) is 1. The lowest BCUT2D eigenvalue weighted by Gasteiger charge is -2.08. The Hall–Kier alpha value is -3.53. The summed E-state index contributed by atoms with van der Waals surface area (Å²) >= 11 is 0. The van der Waals surface area contributed by atoms with Crippen molar-refractivity contribution in [2.45, 2.75) is 0 Å². The third-order valence-corrected chi connectivity index (χ3v) is 2.91. The minimum atomic E-state index is -0.373. The number of amides is 1. The van der Waals surface area contributed by atoms with Crippen molar-refractivity contribution in [3.63, 3.8) is 0 Å². The first-order valence-corrected chi connectivity index (χ1v) is 6.40. The SMILES string of the molecule is N#Cc1cnn(-c2ccccn2)c1NC(=O)c1cccnc1. The number of carbonyl (C=O) groups is 1. The Labute approximate surface area is 125 Å². The maximum absolute atomic E-state index is 12.2. The summed E-state index contributed by atoms with van der Waals surface area (Å²) in [6.45, 7) is 0. The van der Waals surface area contributed by atoms with E-state index in [2.05, 4.69) is 20.4 Å². The van der Waals surface area contributed by atoms with E-state index >= 15 is 0 Å². The van der Waals surface area contributed by atoms with E-state index in [1.54, 1.807) is 42.7 Å². The highest BCUT2D eigenvalue weighted by atomic mass is 16.1. The number of carbonyl (C=O) groups excluding carboxylic acids is 1. The molecule has 0 bridgehead atoms. The predicted molar refractivity (Wildman–Crippen MR) is 78.3 cm³/mol. The van der Waals surface area contributed by atoms with Gasteiger partial charge in [0.2, 0.25) is 0 Å². The fourth-order valence-electron chi connectivity index (χ4n) is 1.88. The van der Waals surface area contributed by atoms with Gasteiger partial charge >= 0.3 is 0 Å². The van der Waals surface area contributed by atoms with Gasteiger partial charge in [-0.15, -0.1) is 0 Å². The van der Waals surface area contributed by atoms with Crippen molar-refractivity contribution in [1.82, 2.24) is 19.7 Å². The molecule has 0 aliphatic rings. The highest BCUT2D eigenvalue weighted by Gasteiger charge is 2.16. The first kappa shape index (κ1) is 13.5. The van der Waals surface area contributed by atoms with Crippen LogP contribution in [0.5, 0.6) is 0 Å². The van der Waals surface area contributed by atoms with Crippen molar-refractivity contribution >= 4 is 11.7 Å². The van der Waals surface area contributed by atoms with Gasteiger partial charge in [0.1, 0.15) is 11.6 Å². The Morgan fingerprint density at radius 1 is 1.18 bits per heavy atom. The van der Waals surface area contributed by atoms with Gasteiger partial charge in [-0.3, -0.25) is 9.78 Å². The first-order valence-electron chi connectivity index (χ1n) is 6.40. The molecule has 7 nitrogen and oxygen atoms in total. The number of nitrogens with zero attached hydrogens (tertiary/aromatic N) is 5. The summed E-state index contributed by atoms with van der Waals surface area (Å²) in [5.41, 5.74) is 0.642. The van der Waals surface area contributed by atoms with E-state index in [4.69, 9.17) is 0 Å². The molecule has 7 heteroatoms. The lowest BCUT2D eigenvalue weighted by Crippen LogP contribution is -2.16. The standard InChI is InChI=1S/C15H10N6O/c16-8-12-10-19-21(13-5-1-2-7-18-13)14(12)20-15(22)11-4-3-6-17-9-11/h1-7,9-10H,(H,20,22). The van der Waals surface area contributed by atoms with Crippen LogP contribution >= 0.6 is 0 Å². The summed E-state index contributed by atoms with van der Waals surface area (Å²) in [5, 5.41) is 16.0. The molecule has 1 amide bonds. The summed E-state index contributed by atoms with van der Waals surface area (Å²) in [6, 6.07) is 10.6. The number of hydrogen-bond acceptors (Lipinski definition) is 5. The minimum absolute atomic E-state index is 0.253. The Bertz CT molecular complexity index is 835. The highest BCUT2D eigenvalue weighted by molar-refractivity contribution is 6.04. The van der Waals surface area contributed by atoms with Gasteiger partial charge in [0.15, 0.2) is 11.6 Å². The quantitative estimate of drug-likeness (QED) is 0.793. The molecular weight excluding hydrogens is 280 g/mol. The smallest absolute Gasteiger partial charge is 0.258 e. The van der Waals surface area contributed by atoms with Gasteiger partial charge < -0.3 is 5.32 Å². The zero-order valence-corrected chi connectivity index (χ0v) is 11.3. The molecule has 0 aliphatic heterocycles. The van der Waals surface area contributed by atoms with Crippen LogP contribution in [0.3, 0.4) is 0 Å². The average Bonchev–Trinajstić information content (AvgIpc) is 2.99. The summed E-state index contributed by atoms with van der Waals surface area (Å²) < 4.78 is 1.41. The molecule has 1 N–H and O–H groups in total. The van der Waals surface area contributed by atoms with Crippen LogP contribution in [0.4, 0.5) is 5.82 Å². The van der Waals surface area contributed by atoms with E-state index in [0.29, 0.717) is 11.4 Å². The molecule has 3 heterocycles. The van der Waals surface area contributed by atoms with Gasteiger partial charge in [0, 0.05) is 18.6 Å². The normalized spacial score (nSPS) is 9.95. The monoisotopic (exact) mass is 290 g/mol. The third-order valence-electron chi connectivity index (χ3n) is 2.91. The van der Waals surface area contributed by atoms with Crippen LogP contribution < -0.4 is 5.32 Å². The molecule has 0 aliphatic carbocycles. The van der Waals surface area contributed by atoms with Crippen LogP contribution in [0.15, 0.2) is 55.1 Å². The maximum Gasteiger partial charge on any atom is 0.258 e. The van der Waals surface area contributed by atoms with E-state index < -0.39 is 0 Å². The van der Waals surface area contributed by atoms with E-state index in [1.165, 1.54) is 17.1 Å². The van der Waals surface area contributed by atoms with Gasteiger partial charge in [-0.25, -0.2) is 4.98 Å². The van der Waals surface area contributed by atoms with Crippen molar-refractivity contribution in [3.8, 4) is 11.9 Å².